The maximum Gasteiger partial charge on any atom is 0.0720 e. The molecule has 0 fully saturated rings. The van der Waals surface area contributed by atoms with Crippen LogP contribution in [0, 0.1) is 0 Å². The third-order valence-corrected chi connectivity index (χ3v) is 17.4. The Hall–Kier alpha value is -8.00. The summed E-state index contributed by atoms with van der Waals surface area (Å²) in [5, 5.41) is 0. The fraction of sp³-hybridized carbons (Fsp3) is 0.118. The van der Waals surface area contributed by atoms with Gasteiger partial charge in [0.1, 0.15) is 0 Å². The summed E-state index contributed by atoms with van der Waals surface area (Å²) in [5.74, 6) is 0. The number of fused-ring (bicyclic) bond motifs is 22. The normalized spacial score (nSPS) is 16.3. The summed E-state index contributed by atoms with van der Waals surface area (Å²) in [5.41, 5.74) is 28.9. The summed E-state index contributed by atoms with van der Waals surface area (Å²) in [6, 6.07) is 86.2. The Morgan fingerprint density at radius 2 is 0.551 bits per heavy atom. The van der Waals surface area contributed by atoms with Gasteiger partial charge in [-0.05, 0) is 136 Å². The monoisotopic (exact) mass is 879 g/mol. The van der Waals surface area contributed by atoms with Crippen molar-refractivity contribution >= 4 is 17.1 Å². The standard InChI is InChI=1S/C68H49N/c1-65(2)51-25-10-5-20-44(51)48-38-36-42(40-61(48)65)69(43-37-39-49-45-21-6-11-26-52(45)66(3,4)62(49)41-43)63-35-19-34-60-64(63)50-24-9-14-29-55(50)68(60)58-32-17-15-30-56(58)67(57-31-16-18-33-59(57)68)53-27-12-7-22-46(53)47-23-8-13-28-54(47)67/h5-41H,1-4H3. The van der Waals surface area contributed by atoms with Crippen LogP contribution in [0.5, 0.6) is 0 Å². The van der Waals surface area contributed by atoms with Gasteiger partial charge in [-0.1, -0.05) is 222 Å². The molecule has 0 amide bonds. The highest BCUT2D eigenvalue weighted by molar-refractivity contribution is 6.00. The van der Waals surface area contributed by atoms with Crippen molar-refractivity contribution in [2.45, 2.75) is 49.4 Å². The summed E-state index contributed by atoms with van der Waals surface area (Å²) in [4.78, 5) is 2.60. The van der Waals surface area contributed by atoms with E-state index in [0.29, 0.717) is 0 Å². The molecular weight excluding hydrogens is 831 g/mol. The molecule has 1 heteroatoms. The second-order valence-electron chi connectivity index (χ2n) is 21.1. The van der Waals surface area contributed by atoms with Crippen molar-refractivity contribution in [3.8, 4) is 44.5 Å². The van der Waals surface area contributed by atoms with Crippen LogP contribution >= 0.6 is 0 Å². The highest BCUT2D eigenvalue weighted by atomic mass is 15.1. The van der Waals surface area contributed by atoms with Crippen LogP contribution in [0.15, 0.2) is 224 Å². The lowest BCUT2D eigenvalue weighted by molar-refractivity contribution is 0.633. The minimum Gasteiger partial charge on any atom is -0.310 e. The molecule has 0 N–H and O–H groups in total. The molecule has 5 aliphatic rings. The minimum atomic E-state index is -0.596. The van der Waals surface area contributed by atoms with Gasteiger partial charge in [0.15, 0.2) is 0 Å². The first-order chi connectivity index (χ1) is 33.8. The zero-order valence-corrected chi connectivity index (χ0v) is 39.3. The zero-order valence-electron chi connectivity index (χ0n) is 39.3. The summed E-state index contributed by atoms with van der Waals surface area (Å²) >= 11 is 0. The van der Waals surface area contributed by atoms with Crippen molar-refractivity contribution < 1.29 is 0 Å². The molecule has 0 atom stereocenters. The summed E-state index contributed by atoms with van der Waals surface area (Å²) in [6.07, 6.45) is 0. The first-order valence-electron chi connectivity index (χ1n) is 24.7. The Balaban J connectivity index is 1.03. The third-order valence-electron chi connectivity index (χ3n) is 17.4. The first kappa shape index (κ1) is 39.0. The van der Waals surface area contributed by atoms with Crippen LogP contribution in [0.2, 0.25) is 0 Å². The highest BCUT2D eigenvalue weighted by Crippen LogP contribution is 2.68. The lowest BCUT2D eigenvalue weighted by Gasteiger charge is -2.48. The molecule has 5 aliphatic carbocycles. The Labute approximate surface area is 405 Å². The van der Waals surface area contributed by atoms with E-state index in [0.717, 1.165) is 11.4 Å². The molecule has 0 saturated heterocycles. The van der Waals surface area contributed by atoms with Crippen LogP contribution in [0.1, 0.15) is 94.5 Å². The maximum absolute atomic E-state index is 2.60. The smallest absolute Gasteiger partial charge is 0.0720 e. The molecular formula is C68H49N. The molecule has 326 valence electrons. The third kappa shape index (κ3) is 4.62. The van der Waals surface area contributed by atoms with Crippen LogP contribution in [0.4, 0.5) is 17.1 Å². The average Bonchev–Trinajstić information content (AvgIpc) is 4.02. The number of rotatable bonds is 3. The van der Waals surface area contributed by atoms with E-state index in [4.69, 9.17) is 0 Å². The largest absolute Gasteiger partial charge is 0.310 e. The molecule has 0 aromatic heterocycles. The fourth-order valence-corrected chi connectivity index (χ4v) is 14.5. The maximum atomic E-state index is 2.60. The van der Waals surface area contributed by atoms with Crippen LogP contribution < -0.4 is 4.90 Å². The minimum absolute atomic E-state index is 0.159. The van der Waals surface area contributed by atoms with Crippen molar-refractivity contribution in [3.63, 3.8) is 0 Å². The van der Waals surface area contributed by atoms with Gasteiger partial charge < -0.3 is 4.90 Å². The van der Waals surface area contributed by atoms with Gasteiger partial charge in [0, 0.05) is 27.8 Å². The van der Waals surface area contributed by atoms with Crippen molar-refractivity contribution in [3.05, 3.63) is 291 Å². The number of benzene rings is 10. The SMILES string of the molecule is CC1(C)c2ccccc2-c2ccc(N(c3ccc4c(c3)C(C)(C)c3ccccc3-4)c3cccc4c3-c3ccccc3C43c4ccccc4C4(c5ccccc5-c5ccccc54)c4ccccc43)cc21. The second kappa shape index (κ2) is 13.4. The lowest BCUT2D eigenvalue weighted by Crippen LogP contribution is -2.43. The van der Waals surface area contributed by atoms with E-state index in [1.54, 1.807) is 0 Å². The van der Waals surface area contributed by atoms with Crippen LogP contribution in [0.3, 0.4) is 0 Å². The van der Waals surface area contributed by atoms with E-state index >= 15 is 0 Å². The van der Waals surface area contributed by atoms with E-state index in [9.17, 15) is 0 Å². The van der Waals surface area contributed by atoms with E-state index in [-0.39, 0.29) is 10.8 Å². The highest BCUT2D eigenvalue weighted by Gasteiger charge is 2.59. The Bertz CT molecular complexity index is 3680. The summed E-state index contributed by atoms with van der Waals surface area (Å²) in [6.45, 7) is 9.58. The predicted octanol–water partition coefficient (Wildman–Crippen LogP) is 16.8. The number of hydrogen-bond acceptors (Lipinski definition) is 1. The van der Waals surface area contributed by atoms with E-state index in [1.807, 2.05) is 0 Å². The molecule has 1 nitrogen and oxygen atoms in total. The van der Waals surface area contributed by atoms with Crippen LogP contribution in [0.25, 0.3) is 44.5 Å². The van der Waals surface area contributed by atoms with Crippen molar-refractivity contribution in [2.24, 2.45) is 0 Å². The summed E-state index contributed by atoms with van der Waals surface area (Å²) in [7, 11) is 0. The number of hydrogen-bond donors (Lipinski definition) is 0. The first-order valence-corrected chi connectivity index (χ1v) is 24.7. The molecule has 2 spiro atoms. The lowest BCUT2D eigenvalue weighted by atomic mass is 9.52. The van der Waals surface area contributed by atoms with Crippen LogP contribution in [-0.4, -0.2) is 0 Å². The molecule has 0 radical (unpaired) electrons. The van der Waals surface area contributed by atoms with Crippen molar-refractivity contribution in [1.82, 2.24) is 0 Å². The molecule has 15 rings (SSSR count). The van der Waals surface area contributed by atoms with E-state index in [1.165, 1.54) is 117 Å². The van der Waals surface area contributed by atoms with E-state index in [2.05, 4.69) is 257 Å². The van der Waals surface area contributed by atoms with Crippen molar-refractivity contribution in [1.29, 1.82) is 0 Å². The molecule has 0 saturated carbocycles. The number of nitrogens with zero attached hydrogens (tertiary/aromatic N) is 1. The molecule has 0 bridgehead atoms. The van der Waals surface area contributed by atoms with Gasteiger partial charge in [0.05, 0.1) is 16.5 Å². The number of anilines is 3. The van der Waals surface area contributed by atoms with Gasteiger partial charge in [-0.2, -0.15) is 0 Å². The van der Waals surface area contributed by atoms with Crippen LogP contribution in [-0.2, 0) is 21.7 Å². The van der Waals surface area contributed by atoms with Gasteiger partial charge in [-0.3, -0.25) is 0 Å². The Morgan fingerprint density at radius 1 is 0.246 bits per heavy atom. The zero-order chi connectivity index (χ0) is 46.0. The quantitative estimate of drug-likeness (QED) is 0.171. The Kier molecular flexibility index (Phi) is 7.56. The van der Waals surface area contributed by atoms with Gasteiger partial charge in [0.25, 0.3) is 0 Å². The predicted molar refractivity (Wildman–Crippen MR) is 284 cm³/mol. The average molecular weight is 880 g/mol. The second-order valence-corrected chi connectivity index (χ2v) is 21.1. The van der Waals surface area contributed by atoms with Gasteiger partial charge in [-0.15, -0.1) is 0 Å². The molecule has 69 heavy (non-hydrogen) atoms. The van der Waals surface area contributed by atoms with E-state index < -0.39 is 10.8 Å². The fourth-order valence-electron chi connectivity index (χ4n) is 14.5. The van der Waals surface area contributed by atoms with Crippen molar-refractivity contribution in [2.75, 3.05) is 4.90 Å². The molecule has 10 aromatic carbocycles. The van der Waals surface area contributed by atoms with Gasteiger partial charge >= 0.3 is 0 Å². The molecule has 0 heterocycles. The molecule has 0 aliphatic heterocycles. The topological polar surface area (TPSA) is 3.24 Å². The Morgan fingerprint density at radius 3 is 0.986 bits per heavy atom. The molecule has 10 aromatic rings. The van der Waals surface area contributed by atoms with Gasteiger partial charge in [0.2, 0.25) is 0 Å². The van der Waals surface area contributed by atoms with Gasteiger partial charge in [-0.25, -0.2) is 0 Å². The summed E-state index contributed by atoms with van der Waals surface area (Å²) < 4.78 is 0. The molecule has 0 unspecified atom stereocenters.